The molecular weight excluding hydrogens is 378 g/mol. The Bertz CT molecular complexity index is 857. The summed E-state index contributed by atoms with van der Waals surface area (Å²) in [6.07, 6.45) is 1.01. The summed E-state index contributed by atoms with van der Waals surface area (Å²) in [4.78, 5) is 37.8. The molecule has 2 aromatic rings. The van der Waals surface area contributed by atoms with Crippen LogP contribution in [0.5, 0.6) is 0 Å². The van der Waals surface area contributed by atoms with Crippen LogP contribution in [-0.2, 0) is 22.6 Å². The molecule has 0 radical (unpaired) electrons. The fourth-order valence-corrected chi connectivity index (χ4v) is 3.27. The minimum absolute atomic E-state index is 0.146. The topological polar surface area (TPSA) is 78.5 Å². The van der Waals surface area contributed by atoms with Gasteiger partial charge in [0.1, 0.15) is 6.04 Å². The summed E-state index contributed by atoms with van der Waals surface area (Å²) in [6.45, 7) is 0.649. The van der Waals surface area contributed by atoms with Crippen molar-refractivity contribution in [1.82, 2.24) is 15.5 Å². The van der Waals surface area contributed by atoms with Gasteiger partial charge < -0.3 is 10.6 Å². The van der Waals surface area contributed by atoms with E-state index in [1.54, 1.807) is 6.07 Å². The lowest BCUT2D eigenvalue weighted by molar-refractivity contribution is -0.127. The Morgan fingerprint density at radius 2 is 1.79 bits per heavy atom. The van der Waals surface area contributed by atoms with Crippen LogP contribution in [0.3, 0.4) is 0 Å². The summed E-state index contributed by atoms with van der Waals surface area (Å²) in [7, 11) is 0. The van der Waals surface area contributed by atoms with E-state index in [-0.39, 0.29) is 24.7 Å². The van der Waals surface area contributed by atoms with Crippen LogP contribution < -0.4 is 10.6 Å². The molecule has 3 rings (SSSR count). The van der Waals surface area contributed by atoms with E-state index in [2.05, 4.69) is 10.6 Å². The Labute approximate surface area is 168 Å². The maximum Gasteiger partial charge on any atom is 0.324 e. The highest BCUT2D eigenvalue weighted by Gasteiger charge is 2.37. The number of carbonyl (C=O) groups excluding carboxylic acids is 3. The van der Waals surface area contributed by atoms with Crippen LogP contribution in [0.2, 0.25) is 5.02 Å². The largest absolute Gasteiger partial charge is 0.352 e. The second-order valence-electron chi connectivity index (χ2n) is 6.63. The first-order valence-electron chi connectivity index (χ1n) is 9.20. The summed E-state index contributed by atoms with van der Waals surface area (Å²) >= 11 is 6.06. The fourth-order valence-electron chi connectivity index (χ4n) is 3.07. The van der Waals surface area contributed by atoms with E-state index < -0.39 is 12.1 Å². The standard InChI is InChI=1S/C21H22ClN3O3/c22-17-9-5-4-8-16(17)14-23-19(26)11-10-18-20(27)25(21(28)24-18)13-12-15-6-2-1-3-7-15/h1-9,18H,10-14H2,(H,23,26)(H,24,28). The average molecular weight is 400 g/mol. The zero-order valence-electron chi connectivity index (χ0n) is 15.4. The number of rotatable bonds is 8. The monoisotopic (exact) mass is 399 g/mol. The van der Waals surface area contributed by atoms with Crippen molar-refractivity contribution >= 4 is 29.4 Å². The number of carbonyl (C=O) groups is 3. The van der Waals surface area contributed by atoms with Gasteiger partial charge in [0.05, 0.1) is 0 Å². The van der Waals surface area contributed by atoms with E-state index in [0.717, 1.165) is 11.1 Å². The van der Waals surface area contributed by atoms with Gasteiger partial charge in [0.25, 0.3) is 5.91 Å². The molecule has 0 saturated carbocycles. The van der Waals surface area contributed by atoms with Crippen LogP contribution in [-0.4, -0.2) is 35.3 Å². The van der Waals surface area contributed by atoms with Gasteiger partial charge >= 0.3 is 6.03 Å². The highest BCUT2D eigenvalue weighted by Crippen LogP contribution is 2.15. The van der Waals surface area contributed by atoms with Crippen LogP contribution in [0.15, 0.2) is 54.6 Å². The van der Waals surface area contributed by atoms with Crippen molar-refractivity contribution in [2.24, 2.45) is 0 Å². The van der Waals surface area contributed by atoms with Crippen molar-refractivity contribution in [3.05, 3.63) is 70.7 Å². The second kappa shape index (κ2) is 9.37. The quantitative estimate of drug-likeness (QED) is 0.670. The van der Waals surface area contributed by atoms with Crippen molar-refractivity contribution in [3.63, 3.8) is 0 Å². The number of hydrogen-bond donors (Lipinski definition) is 2. The van der Waals surface area contributed by atoms with Gasteiger partial charge in [-0.2, -0.15) is 0 Å². The predicted molar refractivity (Wildman–Crippen MR) is 107 cm³/mol. The lowest BCUT2D eigenvalue weighted by atomic mass is 10.1. The van der Waals surface area contributed by atoms with Crippen molar-refractivity contribution in [2.45, 2.75) is 31.8 Å². The molecule has 1 fully saturated rings. The molecule has 28 heavy (non-hydrogen) atoms. The van der Waals surface area contributed by atoms with Gasteiger partial charge in [-0.15, -0.1) is 0 Å². The third-order valence-corrected chi connectivity index (χ3v) is 5.04. The van der Waals surface area contributed by atoms with Gasteiger partial charge in [0.2, 0.25) is 5.91 Å². The SMILES string of the molecule is O=C(CCC1NC(=O)N(CCc2ccccc2)C1=O)NCc1ccccc1Cl. The molecule has 2 N–H and O–H groups in total. The molecule has 1 atom stereocenters. The van der Waals surface area contributed by atoms with Crippen LogP contribution in [0.25, 0.3) is 0 Å². The minimum atomic E-state index is -0.658. The van der Waals surface area contributed by atoms with Crippen molar-refractivity contribution in [3.8, 4) is 0 Å². The molecule has 1 heterocycles. The molecule has 7 heteroatoms. The molecular formula is C21H22ClN3O3. The van der Waals surface area contributed by atoms with E-state index in [4.69, 9.17) is 11.6 Å². The first kappa shape index (κ1) is 19.9. The van der Waals surface area contributed by atoms with Gasteiger partial charge in [-0.25, -0.2) is 4.79 Å². The van der Waals surface area contributed by atoms with Gasteiger partial charge in [0.15, 0.2) is 0 Å². The third-order valence-electron chi connectivity index (χ3n) is 4.67. The van der Waals surface area contributed by atoms with Crippen LogP contribution in [0, 0.1) is 0 Å². The maximum absolute atomic E-state index is 12.5. The number of hydrogen-bond acceptors (Lipinski definition) is 3. The Kier molecular flexibility index (Phi) is 6.66. The smallest absolute Gasteiger partial charge is 0.324 e. The summed E-state index contributed by atoms with van der Waals surface area (Å²) < 4.78 is 0. The number of urea groups is 1. The molecule has 1 aliphatic rings. The van der Waals surface area contributed by atoms with Gasteiger partial charge in [-0.05, 0) is 30.0 Å². The molecule has 146 valence electrons. The first-order valence-corrected chi connectivity index (χ1v) is 9.58. The number of nitrogens with one attached hydrogen (secondary N) is 2. The van der Waals surface area contributed by atoms with E-state index in [0.29, 0.717) is 24.5 Å². The maximum atomic E-state index is 12.5. The molecule has 0 spiro atoms. The summed E-state index contributed by atoms with van der Waals surface area (Å²) in [6, 6.07) is 15.9. The number of benzene rings is 2. The molecule has 1 saturated heterocycles. The molecule has 2 aromatic carbocycles. The highest BCUT2D eigenvalue weighted by molar-refractivity contribution is 6.31. The van der Waals surface area contributed by atoms with E-state index in [1.807, 2.05) is 48.5 Å². The Morgan fingerprint density at radius 3 is 2.54 bits per heavy atom. The van der Waals surface area contributed by atoms with Gasteiger partial charge in [-0.1, -0.05) is 60.1 Å². The van der Waals surface area contributed by atoms with E-state index in [1.165, 1.54) is 4.90 Å². The molecule has 0 bridgehead atoms. The minimum Gasteiger partial charge on any atom is -0.352 e. The summed E-state index contributed by atoms with van der Waals surface area (Å²) in [5.41, 5.74) is 1.89. The molecule has 1 aliphatic heterocycles. The lowest BCUT2D eigenvalue weighted by Crippen LogP contribution is -2.34. The van der Waals surface area contributed by atoms with Crippen molar-refractivity contribution in [1.29, 1.82) is 0 Å². The van der Waals surface area contributed by atoms with Crippen LogP contribution in [0.1, 0.15) is 24.0 Å². The Morgan fingerprint density at radius 1 is 1.07 bits per heavy atom. The number of amides is 4. The molecule has 6 nitrogen and oxygen atoms in total. The number of nitrogens with zero attached hydrogens (tertiary/aromatic N) is 1. The summed E-state index contributed by atoms with van der Waals surface area (Å²) in [5, 5.41) is 6.04. The van der Waals surface area contributed by atoms with E-state index in [9.17, 15) is 14.4 Å². The molecule has 1 unspecified atom stereocenters. The number of imide groups is 1. The van der Waals surface area contributed by atoms with Gasteiger partial charge in [0, 0.05) is 24.5 Å². The zero-order chi connectivity index (χ0) is 19.9. The molecule has 0 aromatic heterocycles. The average Bonchev–Trinajstić information content (AvgIpc) is 2.98. The Hall–Kier alpha value is -2.86. The lowest BCUT2D eigenvalue weighted by Gasteiger charge is -2.13. The molecule has 0 aliphatic carbocycles. The predicted octanol–water partition coefficient (Wildman–Crippen LogP) is 2.90. The second-order valence-corrected chi connectivity index (χ2v) is 7.04. The number of halogens is 1. The third kappa shape index (κ3) is 5.10. The Balaban J connectivity index is 1.44. The zero-order valence-corrected chi connectivity index (χ0v) is 16.1. The summed E-state index contributed by atoms with van der Waals surface area (Å²) in [5.74, 6) is -0.468. The fraction of sp³-hybridized carbons (Fsp3) is 0.286. The first-order chi connectivity index (χ1) is 13.5. The van der Waals surface area contributed by atoms with Gasteiger partial charge in [-0.3, -0.25) is 14.5 Å². The van der Waals surface area contributed by atoms with Crippen LogP contribution in [0.4, 0.5) is 4.79 Å². The van der Waals surface area contributed by atoms with Crippen LogP contribution >= 0.6 is 11.6 Å². The van der Waals surface area contributed by atoms with Crippen molar-refractivity contribution in [2.75, 3.05) is 6.54 Å². The highest BCUT2D eigenvalue weighted by atomic mass is 35.5. The van der Waals surface area contributed by atoms with E-state index >= 15 is 0 Å². The van der Waals surface area contributed by atoms with Crippen molar-refractivity contribution < 1.29 is 14.4 Å². The normalized spacial score (nSPS) is 16.2. The molecule has 4 amide bonds.